The summed E-state index contributed by atoms with van der Waals surface area (Å²) in [7, 11) is -3.46. The molecule has 1 N–H and O–H groups in total. The first-order valence-electron chi connectivity index (χ1n) is 8.71. The minimum atomic E-state index is -3.46. The number of carbonyl (C=O) groups excluding carboxylic acids is 1. The first kappa shape index (κ1) is 18.1. The lowest BCUT2D eigenvalue weighted by molar-refractivity contribution is -0.124. The Hall–Kier alpha value is -2.29. The van der Waals surface area contributed by atoms with Gasteiger partial charge in [-0.25, -0.2) is 8.42 Å². The first-order chi connectivity index (χ1) is 12.8. The molecule has 0 aliphatic carbocycles. The van der Waals surface area contributed by atoms with Gasteiger partial charge in [-0.05, 0) is 30.2 Å². The number of amides is 1. The van der Waals surface area contributed by atoms with Crippen molar-refractivity contribution in [3.8, 4) is 0 Å². The highest BCUT2D eigenvalue weighted by Gasteiger charge is 2.55. The summed E-state index contributed by atoms with van der Waals surface area (Å²) in [5.74, 6) is -0.296. The van der Waals surface area contributed by atoms with Gasteiger partial charge in [0.2, 0.25) is 10.0 Å². The Balaban J connectivity index is 1.61. The Morgan fingerprint density at radius 1 is 1.30 bits per heavy atom. The van der Waals surface area contributed by atoms with E-state index >= 15 is 0 Å². The molecule has 2 aromatic rings. The normalized spacial score (nSPS) is 24.9. The second kappa shape index (κ2) is 6.40. The topological polar surface area (TPSA) is 88.6 Å². The third-order valence-corrected chi connectivity index (χ3v) is 6.51. The number of pyridine rings is 1. The van der Waals surface area contributed by atoms with Gasteiger partial charge in [-0.2, -0.15) is 4.31 Å². The summed E-state index contributed by atoms with van der Waals surface area (Å²) in [6.45, 7) is 2.32. The molecule has 0 unspecified atom stereocenters. The molecule has 3 heterocycles. The molecule has 2 aliphatic heterocycles. The maximum absolute atomic E-state index is 12.7. The van der Waals surface area contributed by atoms with E-state index in [1.807, 2.05) is 37.3 Å². The monoisotopic (exact) mass is 387 g/mol. The quantitative estimate of drug-likeness (QED) is 0.867. The van der Waals surface area contributed by atoms with Gasteiger partial charge in [-0.15, -0.1) is 0 Å². The summed E-state index contributed by atoms with van der Waals surface area (Å²) < 4.78 is 32.1. The second-order valence-corrected chi connectivity index (χ2v) is 9.05. The van der Waals surface area contributed by atoms with Crippen molar-refractivity contribution in [2.24, 2.45) is 0 Å². The summed E-state index contributed by atoms with van der Waals surface area (Å²) in [5, 5.41) is 2.80. The van der Waals surface area contributed by atoms with Crippen LogP contribution in [0.25, 0.3) is 0 Å². The molecular formula is C19H21N3O4S. The van der Waals surface area contributed by atoms with Crippen LogP contribution in [0.4, 0.5) is 5.69 Å². The highest BCUT2D eigenvalue weighted by Crippen LogP contribution is 2.48. The van der Waals surface area contributed by atoms with Gasteiger partial charge in [0.05, 0.1) is 30.3 Å². The lowest BCUT2D eigenvalue weighted by atomic mass is 9.88. The van der Waals surface area contributed by atoms with Crippen molar-refractivity contribution >= 4 is 21.6 Å². The molecule has 0 saturated carbocycles. The fraction of sp³-hybridized carbons (Fsp3) is 0.368. The lowest BCUT2D eigenvalue weighted by Crippen LogP contribution is -2.45. The fourth-order valence-electron chi connectivity index (χ4n) is 3.94. The molecule has 0 bridgehead atoms. The van der Waals surface area contributed by atoms with Crippen LogP contribution in [0.1, 0.15) is 23.2 Å². The van der Waals surface area contributed by atoms with Crippen molar-refractivity contribution in [1.82, 2.24) is 9.29 Å². The Morgan fingerprint density at radius 2 is 2.07 bits per heavy atom. The highest BCUT2D eigenvalue weighted by molar-refractivity contribution is 7.88. The average molecular weight is 387 g/mol. The largest absolute Gasteiger partial charge is 0.366 e. The van der Waals surface area contributed by atoms with Crippen molar-refractivity contribution in [1.29, 1.82) is 0 Å². The van der Waals surface area contributed by atoms with E-state index in [9.17, 15) is 13.2 Å². The predicted molar refractivity (Wildman–Crippen MR) is 100 cm³/mol. The van der Waals surface area contributed by atoms with E-state index in [1.54, 1.807) is 12.3 Å². The van der Waals surface area contributed by atoms with Crippen molar-refractivity contribution < 1.29 is 17.9 Å². The Labute approximate surface area is 158 Å². The number of fused-ring (bicyclic) bond motifs is 2. The van der Waals surface area contributed by atoms with Crippen LogP contribution in [0.3, 0.4) is 0 Å². The van der Waals surface area contributed by atoms with Gasteiger partial charge in [0.15, 0.2) is 0 Å². The molecule has 142 valence electrons. The van der Waals surface area contributed by atoms with Crippen LogP contribution >= 0.6 is 0 Å². The van der Waals surface area contributed by atoms with Gasteiger partial charge < -0.3 is 10.1 Å². The number of aryl methyl sites for hydroxylation is 1. The van der Waals surface area contributed by atoms with E-state index in [1.165, 1.54) is 10.6 Å². The third-order valence-electron chi connectivity index (χ3n) is 5.23. The fourth-order valence-corrected chi connectivity index (χ4v) is 5.18. The van der Waals surface area contributed by atoms with Crippen LogP contribution in [0.5, 0.6) is 0 Å². The number of sulfonamides is 1. The zero-order valence-electron chi connectivity index (χ0n) is 15.2. The third kappa shape index (κ3) is 3.13. The molecule has 1 saturated heterocycles. The molecule has 27 heavy (non-hydrogen) atoms. The van der Waals surface area contributed by atoms with E-state index in [4.69, 9.17) is 4.74 Å². The molecule has 2 aliphatic rings. The van der Waals surface area contributed by atoms with Crippen LogP contribution in [0.2, 0.25) is 0 Å². The average Bonchev–Trinajstić information content (AvgIpc) is 3.20. The summed E-state index contributed by atoms with van der Waals surface area (Å²) in [4.78, 5) is 16.8. The number of hydrogen-bond donors (Lipinski definition) is 1. The van der Waals surface area contributed by atoms with Crippen LogP contribution in [0, 0.1) is 6.92 Å². The number of hydrogen-bond acceptors (Lipinski definition) is 5. The molecule has 1 spiro atoms. The summed E-state index contributed by atoms with van der Waals surface area (Å²) in [6, 6.07) is 11.2. The molecule has 2 atom stereocenters. The Kier molecular flexibility index (Phi) is 4.29. The molecular weight excluding hydrogens is 366 g/mol. The molecule has 1 aromatic carbocycles. The van der Waals surface area contributed by atoms with Gasteiger partial charge in [-0.3, -0.25) is 9.78 Å². The number of ether oxygens (including phenoxy) is 1. The number of anilines is 1. The molecule has 1 fully saturated rings. The van der Waals surface area contributed by atoms with E-state index in [2.05, 4.69) is 10.3 Å². The molecule has 0 radical (unpaired) electrons. The first-order valence-corrected chi connectivity index (χ1v) is 10.6. The molecule has 1 aromatic heterocycles. The molecule has 4 rings (SSSR count). The maximum Gasteiger partial charge on any atom is 0.253 e. The number of nitrogens with zero attached hydrogens (tertiary/aromatic N) is 2. The van der Waals surface area contributed by atoms with Gasteiger partial charge >= 0.3 is 0 Å². The summed E-state index contributed by atoms with van der Waals surface area (Å²) in [5.41, 5.74) is 2.48. The van der Waals surface area contributed by atoms with Crippen molar-refractivity contribution in [3.05, 3.63) is 59.4 Å². The maximum atomic E-state index is 12.7. The van der Waals surface area contributed by atoms with Crippen molar-refractivity contribution in [2.75, 3.05) is 18.2 Å². The number of aromatic nitrogens is 1. The van der Waals surface area contributed by atoms with Crippen LogP contribution in [-0.4, -0.2) is 42.6 Å². The predicted octanol–water partition coefficient (Wildman–Crippen LogP) is 1.79. The SMILES string of the molecule is Cc1ccc(NC(=O)[C@H]2C[C@]3(CO2)c2ccccc2CN3S(C)(=O)=O)cn1. The lowest BCUT2D eigenvalue weighted by Gasteiger charge is -2.32. The number of benzene rings is 1. The number of rotatable bonds is 3. The van der Waals surface area contributed by atoms with E-state index in [0.717, 1.165) is 16.8 Å². The Bertz CT molecular complexity index is 990. The van der Waals surface area contributed by atoms with Gasteiger partial charge in [0, 0.05) is 18.7 Å². The number of nitrogens with one attached hydrogen (secondary N) is 1. The minimum absolute atomic E-state index is 0.154. The van der Waals surface area contributed by atoms with E-state index in [-0.39, 0.29) is 18.9 Å². The molecule has 7 nitrogen and oxygen atoms in total. The summed E-state index contributed by atoms with van der Waals surface area (Å²) >= 11 is 0. The highest BCUT2D eigenvalue weighted by atomic mass is 32.2. The van der Waals surface area contributed by atoms with E-state index < -0.39 is 21.7 Å². The van der Waals surface area contributed by atoms with Crippen LogP contribution in [-0.2, 0) is 31.6 Å². The Morgan fingerprint density at radius 3 is 2.78 bits per heavy atom. The van der Waals surface area contributed by atoms with Crippen LogP contribution < -0.4 is 5.32 Å². The van der Waals surface area contributed by atoms with Crippen molar-refractivity contribution in [2.45, 2.75) is 31.5 Å². The minimum Gasteiger partial charge on any atom is -0.366 e. The second-order valence-electron chi connectivity index (χ2n) is 7.14. The zero-order valence-corrected chi connectivity index (χ0v) is 16.0. The van der Waals surface area contributed by atoms with Gasteiger partial charge in [0.1, 0.15) is 6.10 Å². The van der Waals surface area contributed by atoms with Crippen molar-refractivity contribution in [3.63, 3.8) is 0 Å². The van der Waals surface area contributed by atoms with Gasteiger partial charge in [-0.1, -0.05) is 24.3 Å². The molecule has 1 amide bonds. The standard InChI is InChI=1S/C19H21N3O4S/c1-13-7-8-15(10-20-13)21-18(23)17-9-19(12-26-17)16-6-4-3-5-14(16)11-22(19)27(2,24)25/h3-8,10,17H,9,11-12H2,1-2H3,(H,21,23)/t17-,19+/m1/s1. The van der Waals surface area contributed by atoms with Crippen LogP contribution in [0.15, 0.2) is 42.6 Å². The smallest absolute Gasteiger partial charge is 0.253 e. The molecule has 8 heteroatoms. The van der Waals surface area contributed by atoms with Gasteiger partial charge in [0.25, 0.3) is 5.91 Å². The number of carbonyl (C=O) groups is 1. The zero-order chi connectivity index (χ0) is 19.2. The van der Waals surface area contributed by atoms with E-state index in [0.29, 0.717) is 12.2 Å². The summed E-state index contributed by atoms with van der Waals surface area (Å²) in [6.07, 6.45) is 2.33.